The number of furan rings is 1. The molecule has 1 aromatic carbocycles. The first-order valence-electron chi connectivity index (χ1n) is 7.34. The van der Waals surface area contributed by atoms with Crippen LogP contribution in [0, 0.1) is 12.8 Å². The van der Waals surface area contributed by atoms with Gasteiger partial charge >= 0.3 is 0 Å². The highest BCUT2D eigenvalue weighted by Crippen LogP contribution is 2.29. The summed E-state index contributed by atoms with van der Waals surface area (Å²) in [6.45, 7) is 9.85. The second-order valence-corrected chi connectivity index (χ2v) is 5.78. The first-order valence-corrected chi connectivity index (χ1v) is 7.34. The van der Waals surface area contributed by atoms with Crippen LogP contribution in [0.2, 0.25) is 0 Å². The van der Waals surface area contributed by atoms with E-state index in [1.54, 1.807) is 0 Å². The highest BCUT2D eigenvalue weighted by Gasteiger charge is 2.17. The average molecular weight is 259 g/mol. The predicted molar refractivity (Wildman–Crippen MR) is 81.4 cm³/mol. The molecule has 0 saturated heterocycles. The van der Waals surface area contributed by atoms with Crippen molar-refractivity contribution in [3.63, 3.8) is 0 Å². The van der Waals surface area contributed by atoms with Gasteiger partial charge in [0.25, 0.3) is 0 Å². The van der Waals surface area contributed by atoms with Gasteiger partial charge in [0.1, 0.15) is 11.3 Å². The van der Waals surface area contributed by atoms with E-state index in [0.29, 0.717) is 12.0 Å². The molecule has 2 nitrogen and oxygen atoms in total. The fourth-order valence-corrected chi connectivity index (χ4v) is 2.49. The van der Waals surface area contributed by atoms with Crippen LogP contribution < -0.4 is 5.32 Å². The monoisotopic (exact) mass is 259 g/mol. The zero-order chi connectivity index (χ0) is 13.8. The van der Waals surface area contributed by atoms with Crippen molar-refractivity contribution in [2.75, 3.05) is 6.54 Å². The minimum atomic E-state index is 0.326. The molecule has 104 valence electrons. The Hall–Kier alpha value is -1.28. The molecule has 0 amide bonds. The third-order valence-corrected chi connectivity index (χ3v) is 3.45. The number of hydrogen-bond donors (Lipinski definition) is 1. The zero-order valence-corrected chi connectivity index (χ0v) is 12.5. The molecule has 0 bridgehead atoms. The smallest absolute Gasteiger partial charge is 0.137 e. The Balaban J connectivity index is 2.29. The van der Waals surface area contributed by atoms with Crippen molar-refractivity contribution < 1.29 is 4.42 Å². The summed E-state index contributed by atoms with van der Waals surface area (Å²) in [5, 5.41) is 4.81. The average Bonchev–Trinajstić information content (AvgIpc) is 2.79. The molecule has 2 rings (SSSR count). The van der Waals surface area contributed by atoms with Gasteiger partial charge in [0, 0.05) is 5.39 Å². The Bertz CT molecular complexity index is 527. The van der Waals surface area contributed by atoms with E-state index in [1.165, 1.54) is 10.9 Å². The van der Waals surface area contributed by atoms with Gasteiger partial charge in [-0.05, 0) is 43.9 Å². The molecule has 0 aliphatic rings. The van der Waals surface area contributed by atoms with E-state index in [9.17, 15) is 0 Å². The summed E-state index contributed by atoms with van der Waals surface area (Å²) < 4.78 is 6.10. The SMILES string of the molecule is CCCNC(CC(C)C)c1cc2cccc(C)c2o1. The molecule has 19 heavy (non-hydrogen) atoms. The number of nitrogens with one attached hydrogen (secondary N) is 1. The summed E-state index contributed by atoms with van der Waals surface area (Å²) in [5.41, 5.74) is 2.24. The van der Waals surface area contributed by atoms with Gasteiger partial charge in [0.2, 0.25) is 0 Å². The second-order valence-electron chi connectivity index (χ2n) is 5.78. The van der Waals surface area contributed by atoms with Crippen LogP contribution in [-0.4, -0.2) is 6.54 Å². The van der Waals surface area contributed by atoms with Crippen LogP contribution in [0.25, 0.3) is 11.0 Å². The second kappa shape index (κ2) is 6.25. The fourth-order valence-electron chi connectivity index (χ4n) is 2.49. The molecule has 0 aliphatic carbocycles. The summed E-state index contributed by atoms with van der Waals surface area (Å²) >= 11 is 0. The quantitative estimate of drug-likeness (QED) is 0.804. The molecule has 1 heterocycles. The predicted octanol–water partition coefficient (Wildman–Crippen LogP) is 4.83. The van der Waals surface area contributed by atoms with E-state index in [-0.39, 0.29) is 0 Å². The Kier molecular flexibility index (Phi) is 4.65. The summed E-state index contributed by atoms with van der Waals surface area (Å²) in [6, 6.07) is 8.84. The summed E-state index contributed by atoms with van der Waals surface area (Å²) in [7, 11) is 0. The van der Waals surface area contributed by atoms with Crippen LogP contribution in [0.15, 0.2) is 28.7 Å². The topological polar surface area (TPSA) is 25.2 Å². The third kappa shape index (κ3) is 3.38. The maximum atomic E-state index is 6.10. The lowest BCUT2D eigenvalue weighted by atomic mass is 10.0. The van der Waals surface area contributed by atoms with Crippen molar-refractivity contribution in [2.45, 2.75) is 46.6 Å². The molecule has 0 radical (unpaired) electrons. The highest BCUT2D eigenvalue weighted by molar-refractivity contribution is 5.80. The molecule has 0 fully saturated rings. The van der Waals surface area contributed by atoms with Crippen molar-refractivity contribution in [2.24, 2.45) is 5.92 Å². The van der Waals surface area contributed by atoms with Crippen molar-refractivity contribution in [3.8, 4) is 0 Å². The van der Waals surface area contributed by atoms with E-state index in [4.69, 9.17) is 4.42 Å². The maximum Gasteiger partial charge on any atom is 0.137 e. The van der Waals surface area contributed by atoms with Gasteiger partial charge < -0.3 is 9.73 Å². The Morgan fingerprint density at radius 3 is 2.68 bits per heavy atom. The van der Waals surface area contributed by atoms with E-state index in [1.807, 2.05) is 0 Å². The molecule has 0 aliphatic heterocycles. The van der Waals surface area contributed by atoms with Crippen LogP contribution in [0.1, 0.15) is 51.0 Å². The van der Waals surface area contributed by atoms with Gasteiger partial charge in [0.15, 0.2) is 0 Å². The number of para-hydroxylation sites is 1. The Morgan fingerprint density at radius 2 is 2.05 bits per heavy atom. The van der Waals surface area contributed by atoms with Gasteiger partial charge in [-0.3, -0.25) is 0 Å². The van der Waals surface area contributed by atoms with Crippen LogP contribution in [0.5, 0.6) is 0 Å². The fraction of sp³-hybridized carbons (Fsp3) is 0.529. The van der Waals surface area contributed by atoms with E-state index in [0.717, 1.165) is 30.7 Å². The first kappa shape index (κ1) is 14.1. The van der Waals surface area contributed by atoms with Gasteiger partial charge in [0.05, 0.1) is 6.04 Å². The van der Waals surface area contributed by atoms with Gasteiger partial charge in [-0.2, -0.15) is 0 Å². The minimum absolute atomic E-state index is 0.326. The molecular formula is C17H25NO. The summed E-state index contributed by atoms with van der Waals surface area (Å²) in [6.07, 6.45) is 2.26. The molecule has 0 saturated carbocycles. The zero-order valence-electron chi connectivity index (χ0n) is 12.5. The van der Waals surface area contributed by atoms with Gasteiger partial charge in [-0.25, -0.2) is 0 Å². The molecule has 1 aromatic heterocycles. The van der Waals surface area contributed by atoms with Crippen molar-refractivity contribution in [1.29, 1.82) is 0 Å². The van der Waals surface area contributed by atoms with Crippen LogP contribution in [-0.2, 0) is 0 Å². The van der Waals surface area contributed by atoms with E-state index < -0.39 is 0 Å². The molecule has 1 N–H and O–H groups in total. The molecule has 1 unspecified atom stereocenters. The first-order chi connectivity index (χ1) is 9.11. The van der Waals surface area contributed by atoms with Crippen molar-refractivity contribution >= 4 is 11.0 Å². The maximum absolute atomic E-state index is 6.10. The molecule has 1 atom stereocenters. The lowest BCUT2D eigenvalue weighted by Crippen LogP contribution is -2.23. The van der Waals surface area contributed by atoms with Crippen LogP contribution in [0.4, 0.5) is 0 Å². The van der Waals surface area contributed by atoms with E-state index >= 15 is 0 Å². The van der Waals surface area contributed by atoms with Gasteiger partial charge in [-0.1, -0.05) is 39.0 Å². The van der Waals surface area contributed by atoms with Crippen LogP contribution in [0.3, 0.4) is 0 Å². The van der Waals surface area contributed by atoms with Crippen molar-refractivity contribution in [3.05, 3.63) is 35.6 Å². The summed E-state index contributed by atoms with van der Waals surface area (Å²) in [4.78, 5) is 0. The number of rotatable bonds is 6. The normalized spacial score (nSPS) is 13.3. The van der Waals surface area contributed by atoms with Crippen molar-refractivity contribution in [1.82, 2.24) is 5.32 Å². The van der Waals surface area contributed by atoms with Crippen LogP contribution >= 0.6 is 0 Å². The highest BCUT2D eigenvalue weighted by atomic mass is 16.3. The lowest BCUT2D eigenvalue weighted by Gasteiger charge is -2.18. The number of benzene rings is 1. The number of fused-ring (bicyclic) bond motifs is 1. The largest absolute Gasteiger partial charge is 0.459 e. The van der Waals surface area contributed by atoms with E-state index in [2.05, 4.69) is 57.3 Å². The lowest BCUT2D eigenvalue weighted by molar-refractivity contribution is 0.371. The molecule has 2 heteroatoms. The molecule has 0 spiro atoms. The Morgan fingerprint density at radius 1 is 1.26 bits per heavy atom. The standard InChI is InChI=1S/C17H25NO/c1-5-9-18-15(10-12(2)3)16-11-14-8-6-7-13(4)17(14)19-16/h6-8,11-12,15,18H,5,9-10H2,1-4H3. The number of hydrogen-bond acceptors (Lipinski definition) is 2. The Labute approximate surface area is 116 Å². The minimum Gasteiger partial charge on any atom is -0.459 e. The number of aryl methyl sites for hydroxylation is 1. The summed E-state index contributed by atoms with van der Waals surface area (Å²) in [5.74, 6) is 1.73. The van der Waals surface area contributed by atoms with Gasteiger partial charge in [-0.15, -0.1) is 0 Å². The molecule has 2 aromatic rings. The third-order valence-electron chi connectivity index (χ3n) is 3.45. The molecular weight excluding hydrogens is 234 g/mol.